The highest BCUT2D eigenvalue weighted by atomic mass is 16.4. The fraction of sp³-hybridized carbons (Fsp3) is 0.333. The quantitative estimate of drug-likeness (QED) is 0.680. The zero-order valence-electron chi connectivity index (χ0n) is 10.1. The normalized spacial score (nSPS) is 10.7. The molecule has 96 valence electrons. The van der Waals surface area contributed by atoms with Crippen molar-refractivity contribution in [2.75, 3.05) is 7.05 Å². The van der Waals surface area contributed by atoms with Crippen LogP contribution in [0.4, 0.5) is 0 Å². The lowest BCUT2D eigenvalue weighted by Gasteiger charge is -2.03. The Morgan fingerprint density at radius 3 is 3.06 bits per heavy atom. The molecule has 0 aliphatic heterocycles. The number of aromatic nitrogens is 1. The molecule has 0 bridgehead atoms. The van der Waals surface area contributed by atoms with Crippen LogP contribution in [0.2, 0.25) is 0 Å². The number of oxazole rings is 1. The smallest absolute Gasteiger partial charge is 0.408 e. The van der Waals surface area contributed by atoms with Crippen molar-refractivity contribution in [3.8, 4) is 0 Å². The molecule has 0 aliphatic carbocycles. The van der Waals surface area contributed by atoms with Gasteiger partial charge in [-0.25, -0.2) is 10.2 Å². The molecule has 0 fully saturated rings. The molecule has 0 atom stereocenters. The second-order valence-corrected chi connectivity index (χ2v) is 4.00. The van der Waals surface area contributed by atoms with Crippen LogP contribution in [0.15, 0.2) is 27.4 Å². The number of aromatic amines is 1. The van der Waals surface area contributed by atoms with Crippen LogP contribution in [-0.4, -0.2) is 17.9 Å². The lowest BCUT2D eigenvalue weighted by atomic mass is 10.1. The van der Waals surface area contributed by atoms with Gasteiger partial charge >= 0.3 is 5.76 Å². The highest BCUT2D eigenvalue weighted by Gasteiger charge is 2.04. The number of aryl methyl sites for hydroxylation is 1. The van der Waals surface area contributed by atoms with Gasteiger partial charge < -0.3 is 4.42 Å². The Hall–Kier alpha value is -2.08. The van der Waals surface area contributed by atoms with Crippen molar-refractivity contribution in [1.82, 2.24) is 15.8 Å². The zero-order chi connectivity index (χ0) is 13.0. The number of hydrazine groups is 1. The number of hydrogen-bond donors (Lipinski definition) is 3. The van der Waals surface area contributed by atoms with E-state index in [1.807, 2.05) is 18.2 Å². The summed E-state index contributed by atoms with van der Waals surface area (Å²) in [6, 6.07) is 5.55. The molecule has 2 aromatic rings. The molecule has 0 saturated heterocycles. The molecule has 6 nitrogen and oxygen atoms in total. The van der Waals surface area contributed by atoms with E-state index in [0.717, 1.165) is 18.4 Å². The van der Waals surface area contributed by atoms with Gasteiger partial charge in [-0.3, -0.25) is 15.2 Å². The summed E-state index contributed by atoms with van der Waals surface area (Å²) in [5, 5.41) is 0. The van der Waals surface area contributed by atoms with E-state index in [0.29, 0.717) is 17.5 Å². The molecule has 0 unspecified atom stereocenters. The molecule has 1 aromatic heterocycles. The molecule has 2 rings (SSSR count). The predicted molar refractivity (Wildman–Crippen MR) is 67.0 cm³/mol. The Morgan fingerprint density at radius 1 is 1.44 bits per heavy atom. The first-order valence-corrected chi connectivity index (χ1v) is 5.76. The van der Waals surface area contributed by atoms with Crippen molar-refractivity contribution < 1.29 is 9.21 Å². The maximum absolute atomic E-state index is 11.2. The first kappa shape index (κ1) is 12.4. The fourth-order valence-corrected chi connectivity index (χ4v) is 1.80. The van der Waals surface area contributed by atoms with E-state index >= 15 is 0 Å². The minimum atomic E-state index is -0.449. The van der Waals surface area contributed by atoms with Crippen molar-refractivity contribution in [1.29, 1.82) is 0 Å². The summed E-state index contributed by atoms with van der Waals surface area (Å²) in [7, 11) is 1.65. The maximum atomic E-state index is 11.2. The number of fused-ring (bicyclic) bond motifs is 1. The molecule has 6 heteroatoms. The predicted octanol–water partition coefficient (Wildman–Crippen LogP) is 0.694. The summed E-state index contributed by atoms with van der Waals surface area (Å²) >= 11 is 0. The second kappa shape index (κ2) is 5.50. The average Bonchev–Trinajstić information content (AvgIpc) is 2.69. The summed E-state index contributed by atoms with van der Waals surface area (Å²) in [6.45, 7) is 0. The van der Waals surface area contributed by atoms with Crippen LogP contribution in [0, 0.1) is 0 Å². The van der Waals surface area contributed by atoms with E-state index < -0.39 is 5.76 Å². The van der Waals surface area contributed by atoms with Crippen molar-refractivity contribution in [3.63, 3.8) is 0 Å². The standard InChI is InChI=1S/C12H15N3O3/c1-13-15-11(16)4-2-3-8-5-6-9-10(7-8)18-12(17)14-9/h5-7,13H,2-4H2,1H3,(H,14,17)(H,15,16). The number of amides is 1. The van der Waals surface area contributed by atoms with Gasteiger partial charge in [-0.15, -0.1) is 0 Å². The Balaban J connectivity index is 1.95. The number of nitrogens with one attached hydrogen (secondary N) is 3. The molecule has 0 radical (unpaired) electrons. The molecule has 3 N–H and O–H groups in total. The van der Waals surface area contributed by atoms with Crippen LogP contribution < -0.4 is 16.6 Å². The largest absolute Gasteiger partial charge is 0.417 e. The highest BCUT2D eigenvalue weighted by Crippen LogP contribution is 2.14. The van der Waals surface area contributed by atoms with Gasteiger partial charge in [0.2, 0.25) is 5.91 Å². The Labute approximate surface area is 103 Å². The minimum absolute atomic E-state index is 0.0354. The van der Waals surface area contributed by atoms with Crippen LogP contribution in [0.3, 0.4) is 0 Å². The number of H-pyrrole nitrogens is 1. The third kappa shape index (κ3) is 2.98. The van der Waals surface area contributed by atoms with Crippen molar-refractivity contribution >= 4 is 17.0 Å². The van der Waals surface area contributed by atoms with Crippen LogP contribution in [-0.2, 0) is 11.2 Å². The summed E-state index contributed by atoms with van der Waals surface area (Å²) < 4.78 is 4.97. The van der Waals surface area contributed by atoms with Crippen molar-refractivity contribution in [2.45, 2.75) is 19.3 Å². The maximum Gasteiger partial charge on any atom is 0.417 e. The van der Waals surface area contributed by atoms with Gasteiger partial charge in [0, 0.05) is 13.5 Å². The van der Waals surface area contributed by atoms with E-state index in [1.165, 1.54) is 0 Å². The molecule has 0 aliphatic rings. The number of carbonyl (C=O) groups is 1. The van der Waals surface area contributed by atoms with Crippen LogP contribution in [0.1, 0.15) is 18.4 Å². The van der Waals surface area contributed by atoms with Gasteiger partial charge in [-0.2, -0.15) is 0 Å². The molecule has 0 spiro atoms. The Kier molecular flexibility index (Phi) is 3.78. The second-order valence-electron chi connectivity index (χ2n) is 4.00. The zero-order valence-corrected chi connectivity index (χ0v) is 10.1. The lowest BCUT2D eigenvalue weighted by molar-refractivity contribution is -0.122. The Morgan fingerprint density at radius 2 is 2.28 bits per heavy atom. The fourth-order valence-electron chi connectivity index (χ4n) is 1.80. The molecule has 1 heterocycles. The summed E-state index contributed by atoms with van der Waals surface area (Å²) in [5.74, 6) is -0.484. The van der Waals surface area contributed by atoms with Crippen LogP contribution in [0.5, 0.6) is 0 Å². The molecule has 1 amide bonds. The average molecular weight is 249 g/mol. The van der Waals surface area contributed by atoms with E-state index in [4.69, 9.17) is 4.42 Å². The van der Waals surface area contributed by atoms with E-state index in [2.05, 4.69) is 15.8 Å². The molecule has 1 aromatic carbocycles. The number of rotatable bonds is 5. The van der Waals surface area contributed by atoms with Gasteiger partial charge in [0.25, 0.3) is 0 Å². The topological polar surface area (TPSA) is 87.1 Å². The van der Waals surface area contributed by atoms with E-state index in [-0.39, 0.29) is 5.91 Å². The molecule has 0 saturated carbocycles. The number of hydrogen-bond acceptors (Lipinski definition) is 4. The van der Waals surface area contributed by atoms with Crippen molar-refractivity contribution in [3.05, 3.63) is 34.3 Å². The number of carbonyl (C=O) groups excluding carboxylic acids is 1. The summed E-state index contributed by atoms with van der Waals surface area (Å²) in [6.07, 6.45) is 1.96. The lowest BCUT2D eigenvalue weighted by Crippen LogP contribution is -2.33. The summed E-state index contributed by atoms with van der Waals surface area (Å²) in [5.41, 5.74) is 7.39. The van der Waals surface area contributed by atoms with E-state index in [1.54, 1.807) is 7.05 Å². The third-order valence-corrected chi connectivity index (χ3v) is 2.62. The van der Waals surface area contributed by atoms with Gasteiger partial charge in [0.1, 0.15) is 0 Å². The third-order valence-electron chi connectivity index (χ3n) is 2.62. The van der Waals surface area contributed by atoms with Crippen molar-refractivity contribution in [2.24, 2.45) is 0 Å². The molecular formula is C12H15N3O3. The first-order chi connectivity index (χ1) is 8.69. The molecular weight excluding hydrogens is 234 g/mol. The van der Waals surface area contributed by atoms with Gasteiger partial charge in [-0.05, 0) is 30.5 Å². The van der Waals surface area contributed by atoms with Crippen LogP contribution in [0.25, 0.3) is 11.1 Å². The summed E-state index contributed by atoms with van der Waals surface area (Å²) in [4.78, 5) is 24.8. The van der Waals surface area contributed by atoms with E-state index in [9.17, 15) is 9.59 Å². The van der Waals surface area contributed by atoms with Gasteiger partial charge in [0.05, 0.1) is 5.52 Å². The SMILES string of the molecule is CNNC(=O)CCCc1ccc2[nH]c(=O)oc2c1. The van der Waals surface area contributed by atoms with Gasteiger partial charge in [-0.1, -0.05) is 6.07 Å². The van der Waals surface area contributed by atoms with Crippen LogP contribution >= 0.6 is 0 Å². The number of benzene rings is 1. The monoisotopic (exact) mass is 249 g/mol. The first-order valence-electron chi connectivity index (χ1n) is 5.76. The molecule has 18 heavy (non-hydrogen) atoms. The van der Waals surface area contributed by atoms with Gasteiger partial charge in [0.15, 0.2) is 5.58 Å². The Bertz CT molecular complexity index is 600. The highest BCUT2D eigenvalue weighted by molar-refractivity contribution is 5.75. The minimum Gasteiger partial charge on any atom is -0.408 e.